The molecule has 0 radical (unpaired) electrons. The first-order valence-corrected chi connectivity index (χ1v) is 15.6. The second kappa shape index (κ2) is 13.5. The Bertz CT molecular complexity index is 1560. The van der Waals surface area contributed by atoms with Crippen molar-refractivity contribution in [1.29, 1.82) is 0 Å². The monoisotopic (exact) mass is 687 g/mol. The number of nitrogens with one attached hydrogen (secondary N) is 1. The number of aliphatic carboxylic acids is 1. The number of nitrogens with zero attached hydrogens (tertiary/aromatic N) is 4. The predicted molar refractivity (Wildman–Crippen MR) is 158 cm³/mol. The summed E-state index contributed by atoms with van der Waals surface area (Å²) in [5.74, 6) is -5.97. The summed E-state index contributed by atoms with van der Waals surface area (Å²) in [4.78, 5) is 41.3. The lowest BCUT2D eigenvalue weighted by Crippen LogP contribution is -2.52. The van der Waals surface area contributed by atoms with Gasteiger partial charge in [-0.25, -0.2) is 22.9 Å². The zero-order valence-electron chi connectivity index (χ0n) is 25.9. The van der Waals surface area contributed by atoms with Crippen LogP contribution in [0, 0.1) is 18.2 Å². The number of amidine groups is 1. The van der Waals surface area contributed by atoms with Gasteiger partial charge in [-0.1, -0.05) is 12.1 Å². The van der Waals surface area contributed by atoms with E-state index in [0.717, 1.165) is 18.9 Å². The minimum Gasteiger partial charge on any atom is -0.481 e. The average Bonchev–Trinajstić information content (AvgIpc) is 3.73. The summed E-state index contributed by atoms with van der Waals surface area (Å²) in [6, 6.07) is 0.646. The third kappa shape index (κ3) is 6.90. The Morgan fingerprint density at radius 3 is 2.68 bits per heavy atom. The predicted octanol–water partition coefficient (Wildman–Crippen LogP) is 4.15. The molecule has 1 aromatic carbocycles. The van der Waals surface area contributed by atoms with E-state index in [9.17, 15) is 27.9 Å². The summed E-state index contributed by atoms with van der Waals surface area (Å²) in [6.07, 6.45) is -0.155. The quantitative estimate of drug-likeness (QED) is 0.248. The molecular formula is C30H34F5N5O6S. The first kappa shape index (κ1) is 34.8. The number of ether oxygens (including phenoxy) is 2. The fourth-order valence-corrected chi connectivity index (χ4v) is 6.58. The minimum atomic E-state index is -3.45. The fraction of sp³-hybridized carbons (Fsp3) is 0.533. The average molecular weight is 688 g/mol. The smallest absolute Gasteiger partial charge is 0.345 e. The van der Waals surface area contributed by atoms with E-state index in [4.69, 9.17) is 14.6 Å². The number of thiazole rings is 1. The molecule has 0 saturated carbocycles. The molecule has 4 atom stereocenters. The molecule has 11 nitrogen and oxygen atoms in total. The first-order valence-electron chi connectivity index (χ1n) is 14.7. The Hall–Kier alpha value is -3.51. The Kier molecular flexibility index (Phi) is 10.0. The number of aliphatic imine (C=N–C) groups is 1. The van der Waals surface area contributed by atoms with E-state index in [1.165, 1.54) is 28.4 Å². The molecule has 0 aliphatic carbocycles. The Labute approximate surface area is 271 Å². The molecule has 2 aromatic rings. The van der Waals surface area contributed by atoms with Gasteiger partial charge in [0, 0.05) is 23.8 Å². The molecule has 3 aliphatic heterocycles. The molecule has 5 rings (SSSR count). The van der Waals surface area contributed by atoms with Crippen LogP contribution in [-0.4, -0.2) is 101 Å². The molecule has 0 spiro atoms. The van der Waals surface area contributed by atoms with Crippen molar-refractivity contribution in [2.75, 3.05) is 32.8 Å². The summed E-state index contributed by atoms with van der Waals surface area (Å²) in [6.45, 7) is 0.0886. The van der Waals surface area contributed by atoms with Gasteiger partial charge >= 0.3 is 18.6 Å². The molecule has 3 aliphatic rings. The Morgan fingerprint density at radius 1 is 1.30 bits per heavy atom. The van der Waals surface area contributed by atoms with Crippen LogP contribution in [0.15, 0.2) is 46.0 Å². The van der Waals surface area contributed by atoms with Gasteiger partial charge in [-0.3, -0.25) is 19.5 Å². The number of halogens is 5. The number of carboxylic acids is 1. The minimum absolute atomic E-state index is 0.00263. The highest BCUT2D eigenvalue weighted by molar-refractivity contribution is 7.11. The van der Waals surface area contributed by atoms with Gasteiger partial charge in [0.1, 0.15) is 17.9 Å². The van der Waals surface area contributed by atoms with Crippen LogP contribution < -0.4 is 5.32 Å². The zero-order chi connectivity index (χ0) is 34.3. The molecule has 2 N–H and O–H groups in total. The normalized spacial score (nSPS) is 23.9. The van der Waals surface area contributed by atoms with Crippen molar-refractivity contribution in [3.63, 3.8) is 0 Å². The van der Waals surface area contributed by atoms with Crippen LogP contribution in [0.25, 0.3) is 0 Å². The number of hydroxylamine groups is 2. The molecule has 256 valence electrons. The van der Waals surface area contributed by atoms with E-state index in [0.29, 0.717) is 10.6 Å². The van der Waals surface area contributed by atoms with Crippen LogP contribution in [0.1, 0.15) is 42.9 Å². The highest BCUT2D eigenvalue weighted by Gasteiger charge is 2.61. The number of fused-ring (bicyclic) bond motifs is 1. The van der Waals surface area contributed by atoms with E-state index in [-0.39, 0.29) is 42.4 Å². The number of alkyl halides is 4. The number of hydrogen-bond donors (Lipinski definition) is 2. The van der Waals surface area contributed by atoms with Crippen molar-refractivity contribution in [2.24, 2.45) is 10.4 Å². The summed E-state index contributed by atoms with van der Waals surface area (Å²) in [5.41, 5.74) is -1.09. The molecule has 1 aromatic heterocycles. The largest absolute Gasteiger partial charge is 0.481 e. The van der Waals surface area contributed by atoms with Crippen LogP contribution >= 0.6 is 11.3 Å². The van der Waals surface area contributed by atoms with Crippen molar-refractivity contribution in [3.8, 4) is 0 Å². The van der Waals surface area contributed by atoms with E-state index in [2.05, 4.69) is 15.0 Å². The van der Waals surface area contributed by atoms with Crippen molar-refractivity contribution < 1.29 is 51.0 Å². The number of likely N-dealkylation sites (tertiary alicyclic amines) is 1. The van der Waals surface area contributed by atoms with Gasteiger partial charge in [0.2, 0.25) is 0 Å². The van der Waals surface area contributed by atoms with Crippen molar-refractivity contribution >= 4 is 29.1 Å². The maximum atomic E-state index is 15.8. The van der Waals surface area contributed by atoms with Crippen LogP contribution in [0.2, 0.25) is 0 Å². The number of carboxylic acid groups (broad SMARTS) is 1. The van der Waals surface area contributed by atoms with Gasteiger partial charge in [0.15, 0.2) is 10.8 Å². The molecule has 4 heterocycles. The lowest BCUT2D eigenvalue weighted by Gasteiger charge is -2.35. The fourth-order valence-electron chi connectivity index (χ4n) is 5.99. The lowest BCUT2D eigenvalue weighted by molar-refractivity contribution is -0.240. The number of aromatic nitrogens is 1. The van der Waals surface area contributed by atoms with Gasteiger partial charge in [0.25, 0.3) is 5.92 Å². The number of benzene rings is 1. The van der Waals surface area contributed by atoms with Gasteiger partial charge < -0.3 is 19.9 Å². The van der Waals surface area contributed by atoms with E-state index in [1.807, 2.05) is 0 Å². The third-order valence-corrected chi connectivity index (χ3v) is 9.37. The van der Waals surface area contributed by atoms with E-state index in [1.54, 1.807) is 31.5 Å². The Morgan fingerprint density at radius 2 is 2.04 bits per heavy atom. The van der Waals surface area contributed by atoms with E-state index >= 15 is 8.78 Å². The summed E-state index contributed by atoms with van der Waals surface area (Å²) in [5, 5.41) is 15.7. The number of rotatable bonds is 12. The molecule has 0 bridgehead atoms. The Balaban J connectivity index is 1.51. The maximum absolute atomic E-state index is 15.8. The lowest BCUT2D eigenvalue weighted by atomic mass is 9.86. The molecular weight excluding hydrogens is 653 g/mol. The standard InChI is InChI=1S/C30H34F5N5O6S/c1-5-44-26(41)21-18(37-24(25-36-9-10-47-25)38-22(21)16-7-6-8-17(31)15(16)2)11-39-14-30(34,35)23-19(39)13-45-40(23)12-20(46-28(32)33)29(3,4)27(42)43/h6-10,19-20,22-23,28H,5,11-14H2,1-4H3,(H,37,38)(H,42,43)/t19-,20+,22+,23+/m1/s1. The number of carbonyl (C=O) groups is 2. The number of hydrogen-bond acceptors (Lipinski definition) is 11. The topological polar surface area (TPSA) is 126 Å². The molecule has 47 heavy (non-hydrogen) atoms. The van der Waals surface area contributed by atoms with Crippen LogP contribution in [0.3, 0.4) is 0 Å². The molecule has 17 heteroatoms. The van der Waals surface area contributed by atoms with Crippen LogP contribution in [-0.2, 0) is 23.9 Å². The SMILES string of the molecule is CCOC(=O)C1=C(CN2CC(F)(F)[C@@H]3[C@H]2CON3C[C@H](OC(F)F)C(C)(C)C(=O)O)NC(c2nccs2)=N[C@H]1c1cccc(F)c1C. The number of carbonyl (C=O) groups excluding carboxylic acids is 1. The van der Waals surface area contributed by atoms with Crippen molar-refractivity contribution in [3.05, 3.63) is 63.0 Å². The van der Waals surface area contributed by atoms with Gasteiger partial charge in [-0.05, 0) is 44.9 Å². The summed E-state index contributed by atoms with van der Waals surface area (Å²) in [7, 11) is 0. The molecule has 0 unspecified atom stereocenters. The van der Waals surface area contributed by atoms with Gasteiger partial charge in [0.05, 0.1) is 49.4 Å². The highest BCUT2D eigenvalue weighted by Crippen LogP contribution is 2.43. The van der Waals surface area contributed by atoms with Gasteiger partial charge in [-0.15, -0.1) is 11.3 Å². The summed E-state index contributed by atoms with van der Waals surface area (Å²) >= 11 is 1.24. The van der Waals surface area contributed by atoms with Crippen LogP contribution in [0.5, 0.6) is 0 Å². The molecule has 2 saturated heterocycles. The number of esters is 1. The molecule has 0 amide bonds. The van der Waals surface area contributed by atoms with Gasteiger partial charge in [-0.2, -0.15) is 13.8 Å². The summed E-state index contributed by atoms with van der Waals surface area (Å²) < 4.78 is 82.8. The highest BCUT2D eigenvalue weighted by atomic mass is 32.1. The zero-order valence-corrected chi connectivity index (χ0v) is 26.7. The van der Waals surface area contributed by atoms with E-state index < -0.39 is 73.0 Å². The second-order valence-electron chi connectivity index (χ2n) is 11.9. The van der Waals surface area contributed by atoms with Crippen molar-refractivity contribution in [2.45, 2.75) is 64.5 Å². The molecule has 2 fully saturated rings. The third-order valence-electron chi connectivity index (χ3n) is 8.59. The second-order valence-corrected chi connectivity index (χ2v) is 12.8. The van der Waals surface area contributed by atoms with Crippen molar-refractivity contribution in [1.82, 2.24) is 20.3 Å². The maximum Gasteiger partial charge on any atom is 0.345 e. The first-order chi connectivity index (χ1) is 22.1. The van der Waals surface area contributed by atoms with Crippen LogP contribution in [0.4, 0.5) is 22.0 Å².